The van der Waals surface area contributed by atoms with Crippen LogP contribution in [0.25, 0.3) is 10.9 Å². The number of pyridine rings is 1. The minimum Gasteiger partial charge on any atom is -0.494 e. The van der Waals surface area contributed by atoms with Crippen LogP contribution in [0.2, 0.25) is 0 Å². The molecule has 2 aromatic carbocycles. The third kappa shape index (κ3) is 3.99. The highest BCUT2D eigenvalue weighted by Crippen LogP contribution is 2.34. The molecule has 1 N–H and O–H groups in total. The molecule has 3 amide bonds. The molecular formula is C24H23N3O5. The second kappa shape index (κ2) is 7.96. The number of ether oxygens (including phenoxy) is 2. The largest absolute Gasteiger partial charge is 0.494 e. The molecule has 3 aromatic rings. The van der Waals surface area contributed by atoms with E-state index < -0.39 is 11.7 Å². The van der Waals surface area contributed by atoms with Gasteiger partial charge in [-0.1, -0.05) is 12.1 Å². The van der Waals surface area contributed by atoms with E-state index in [4.69, 9.17) is 9.47 Å². The fraction of sp³-hybridized carbons (Fsp3) is 0.250. The second-order valence-electron chi connectivity index (χ2n) is 8.42. The first-order valence-electron chi connectivity index (χ1n) is 10.1. The summed E-state index contributed by atoms with van der Waals surface area (Å²) >= 11 is 0. The van der Waals surface area contributed by atoms with E-state index in [0.717, 1.165) is 5.56 Å². The van der Waals surface area contributed by atoms with Gasteiger partial charge in [-0.2, -0.15) is 0 Å². The van der Waals surface area contributed by atoms with Gasteiger partial charge in [0.2, 0.25) is 0 Å². The van der Waals surface area contributed by atoms with E-state index >= 15 is 0 Å². The number of nitrogens with one attached hydrogen (secondary N) is 1. The Hall–Kier alpha value is -3.94. The molecule has 0 saturated heterocycles. The number of carbonyl (C=O) groups is 3. The minimum absolute atomic E-state index is 0.0969. The van der Waals surface area contributed by atoms with Gasteiger partial charge in [-0.3, -0.25) is 24.8 Å². The number of amides is 3. The van der Waals surface area contributed by atoms with Crippen molar-refractivity contribution in [3.63, 3.8) is 0 Å². The molecule has 164 valence electrons. The number of aromatic nitrogens is 1. The number of hydrogen-bond acceptors (Lipinski definition) is 6. The quantitative estimate of drug-likeness (QED) is 0.613. The number of anilines is 1. The van der Waals surface area contributed by atoms with E-state index in [2.05, 4.69) is 10.3 Å². The van der Waals surface area contributed by atoms with Crippen molar-refractivity contribution in [3.05, 3.63) is 65.4 Å². The number of nitrogens with zero attached hydrogens (tertiary/aromatic N) is 2. The van der Waals surface area contributed by atoms with Crippen LogP contribution in [-0.2, 0) is 11.3 Å². The zero-order valence-electron chi connectivity index (χ0n) is 18.3. The molecule has 0 aliphatic carbocycles. The molecule has 0 fully saturated rings. The first-order chi connectivity index (χ1) is 15.2. The maximum Gasteiger partial charge on any atom is 0.412 e. The Morgan fingerprint density at radius 3 is 2.28 bits per heavy atom. The Kier molecular flexibility index (Phi) is 5.30. The molecule has 8 heteroatoms. The zero-order chi connectivity index (χ0) is 23.0. The maximum absolute atomic E-state index is 13.1. The fourth-order valence-corrected chi connectivity index (χ4v) is 3.59. The Labute approximate surface area is 185 Å². The van der Waals surface area contributed by atoms with E-state index in [-0.39, 0.29) is 18.4 Å². The predicted molar refractivity (Wildman–Crippen MR) is 119 cm³/mol. The lowest BCUT2D eigenvalue weighted by molar-refractivity contribution is 0.0594. The first kappa shape index (κ1) is 21.3. The van der Waals surface area contributed by atoms with E-state index in [0.29, 0.717) is 33.5 Å². The van der Waals surface area contributed by atoms with Crippen molar-refractivity contribution in [3.8, 4) is 5.75 Å². The van der Waals surface area contributed by atoms with Crippen molar-refractivity contribution in [1.82, 2.24) is 9.88 Å². The predicted octanol–water partition coefficient (Wildman–Crippen LogP) is 4.39. The van der Waals surface area contributed by atoms with Crippen molar-refractivity contribution >= 4 is 34.5 Å². The van der Waals surface area contributed by atoms with Crippen LogP contribution in [0.1, 0.15) is 47.1 Å². The summed E-state index contributed by atoms with van der Waals surface area (Å²) in [6.45, 7) is 5.45. The molecule has 1 aliphatic rings. The standard InChI is InChI=1S/C24H23N3O5/c1-24(2,3)32-23(30)26-15-7-5-14(6-8-15)13-27-21(28)16-9-10-18(31-4)20-19(16)17(22(27)29)11-12-25-20/h5-12H,13H2,1-4H3,(H,26,30). The lowest BCUT2D eigenvalue weighted by atomic mass is 9.96. The summed E-state index contributed by atoms with van der Waals surface area (Å²) in [5.74, 6) is -0.272. The molecule has 1 aliphatic heterocycles. The number of rotatable bonds is 4. The Balaban J connectivity index is 1.56. The third-order valence-electron chi connectivity index (χ3n) is 4.97. The van der Waals surface area contributed by atoms with Crippen LogP contribution >= 0.6 is 0 Å². The van der Waals surface area contributed by atoms with Crippen LogP contribution in [0, 0.1) is 0 Å². The van der Waals surface area contributed by atoms with Crippen LogP contribution < -0.4 is 10.1 Å². The van der Waals surface area contributed by atoms with E-state index in [1.807, 2.05) is 0 Å². The fourth-order valence-electron chi connectivity index (χ4n) is 3.59. The molecule has 2 heterocycles. The summed E-state index contributed by atoms with van der Waals surface area (Å²) in [5.41, 5.74) is 1.99. The first-order valence-corrected chi connectivity index (χ1v) is 10.1. The second-order valence-corrected chi connectivity index (χ2v) is 8.42. The number of benzene rings is 2. The third-order valence-corrected chi connectivity index (χ3v) is 4.97. The van der Waals surface area contributed by atoms with Gasteiger partial charge in [0.15, 0.2) is 0 Å². The molecule has 0 bridgehead atoms. The van der Waals surface area contributed by atoms with E-state index in [1.165, 1.54) is 18.2 Å². The van der Waals surface area contributed by atoms with Gasteiger partial charge in [0.25, 0.3) is 11.8 Å². The molecule has 0 radical (unpaired) electrons. The molecule has 0 unspecified atom stereocenters. The number of methoxy groups -OCH3 is 1. The summed E-state index contributed by atoms with van der Waals surface area (Å²) in [7, 11) is 1.52. The Bertz CT molecular complexity index is 1210. The summed E-state index contributed by atoms with van der Waals surface area (Å²) in [6, 6.07) is 11.8. The van der Waals surface area contributed by atoms with Gasteiger partial charge in [0.05, 0.1) is 24.8 Å². The van der Waals surface area contributed by atoms with Crippen LogP contribution in [0.5, 0.6) is 5.75 Å². The molecule has 1 aromatic heterocycles. The van der Waals surface area contributed by atoms with Gasteiger partial charge in [-0.15, -0.1) is 0 Å². The lowest BCUT2D eigenvalue weighted by Crippen LogP contribution is -2.39. The molecule has 0 atom stereocenters. The van der Waals surface area contributed by atoms with Crippen molar-refractivity contribution in [2.75, 3.05) is 12.4 Å². The summed E-state index contributed by atoms with van der Waals surface area (Å²) < 4.78 is 10.6. The molecule has 0 spiro atoms. The molecule has 0 saturated carbocycles. The average molecular weight is 433 g/mol. The van der Waals surface area contributed by atoms with Crippen LogP contribution in [0.15, 0.2) is 48.7 Å². The lowest BCUT2D eigenvalue weighted by Gasteiger charge is -2.27. The van der Waals surface area contributed by atoms with E-state index in [9.17, 15) is 14.4 Å². The maximum atomic E-state index is 13.1. The van der Waals surface area contributed by atoms with Gasteiger partial charge >= 0.3 is 6.09 Å². The monoisotopic (exact) mass is 433 g/mol. The van der Waals surface area contributed by atoms with Gasteiger partial charge < -0.3 is 9.47 Å². The topological polar surface area (TPSA) is 97.8 Å². The Morgan fingerprint density at radius 1 is 1.00 bits per heavy atom. The van der Waals surface area contributed by atoms with Gasteiger partial charge in [-0.05, 0) is 56.7 Å². The van der Waals surface area contributed by atoms with Crippen molar-refractivity contribution in [1.29, 1.82) is 0 Å². The van der Waals surface area contributed by atoms with E-state index in [1.54, 1.807) is 63.2 Å². The summed E-state index contributed by atoms with van der Waals surface area (Å²) in [4.78, 5) is 43.7. The molecular weight excluding hydrogens is 410 g/mol. The highest BCUT2D eigenvalue weighted by atomic mass is 16.6. The highest BCUT2D eigenvalue weighted by Gasteiger charge is 2.34. The van der Waals surface area contributed by atoms with Crippen LogP contribution in [0.4, 0.5) is 10.5 Å². The molecule has 32 heavy (non-hydrogen) atoms. The molecule has 8 nitrogen and oxygen atoms in total. The smallest absolute Gasteiger partial charge is 0.412 e. The van der Waals surface area contributed by atoms with Crippen LogP contribution in [0.3, 0.4) is 0 Å². The summed E-state index contributed by atoms with van der Waals surface area (Å²) in [6.07, 6.45) is 0.979. The SMILES string of the molecule is COc1ccc2c3c(ccnc13)C(=O)N(Cc1ccc(NC(=O)OC(C)(C)C)cc1)C2=O. The number of imide groups is 1. The number of hydrogen-bond donors (Lipinski definition) is 1. The van der Waals surface area contributed by atoms with Crippen molar-refractivity contribution < 1.29 is 23.9 Å². The van der Waals surface area contributed by atoms with Gasteiger partial charge in [0.1, 0.15) is 16.9 Å². The summed E-state index contributed by atoms with van der Waals surface area (Å²) in [5, 5.41) is 3.17. The average Bonchev–Trinajstić information content (AvgIpc) is 2.74. The normalized spacial score (nSPS) is 13.3. The Morgan fingerprint density at radius 2 is 1.66 bits per heavy atom. The molecule has 4 rings (SSSR count). The van der Waals surface area contributed by atoms with Crippen LogP contribution in [-0.4, -0.2) is 40.5 Å². The minimum atomic E-state index is -0.600. The highest BCUT2D eigenvalue weighted by molar-refractivity contribution is 6.25. The number of carbonyl (C=O) groups excluding carboxylic acids is 3. The zero-order valence-corrected chi connectivity index (χ0v) is 18.3. The van der Waals surface area contributed by atoms with Gasteiger partial charge in [0, 0.05) is 17.3 Å². The van der Waals surface area contributed by atoms with Crippen molar-refractivity contribution in [2.24, 2.45) is 0 Å². The van der Waals surface area contributed by atoms with Gasteiger partial charge in [-0.25, -0.2) is 4.79 Å². The van der Waals surface area contributed by atoms with Crippen molar-refractivity contribution in [2.45, 2.75) is 32.9 Å².